The van der Waals surface area contributed by atoms with Crippen molar-refractivity contribution >= 4 is 17.7 Å². The first-order valence-corrected chi connectivity index (χ1v) is 6.32. The Kier molecular flexibility index (Phi) is 5.56. The predicted octanol–water partition coefficient (Wildman–Crippen LogP) is 3.12. The minimum absolute atomic E-state index is 0.0126. The van der Waals surface area contributed by atoms with Gasteiger partial charge in [0.1, 0.15) is 5.75 Å². The van der Waals surface area contributed by atoms with E-state index in [1.54, 1.807) is 20.8 Å². The number of alkyl halides is 2. The smallest absolute Gasteiger partial charge is 0.387 e. The molecule has 0 saturated heterocycles. The maximum Gasteiger partial charge on any atom is 0.387 e. The average Bonchev–Trinajstić information content (AvgIpc) is 2.34. The molecule has 0 radical (unpaired) electrons. The topological polar surface area (TPSA) is 81.5 Å². The van der Waals surface area contributed by atoms with Gasteiger partial charge in [-0.2, -0.15) is 8.78 Å². The standard InChI is InChI=1S/C14H16F2N2O4/c1-14(2,3)17-12(19)7-4-9-8-10(18(20)21)5-6-11(9)22-13(15)16/h4-8,13H,1-3H3,(H,17,19). The van der Waals surface area contributed by atoms with Gasteiger partial charge in [-0.15, -0.1) is 0 Å². The van der Waals surface area contributed by atoms with Gasteiger partial charge in [0.15, 0.2) is 0 Å². The van der Waals surface area contributed by atoms with Crippen LogP contribution in [0.3, 0.4) is 0 Å². The normalized spacial score (nSPS) is 11.7. The first kappa shape index (κ1) is 17.5. The van der Waals surface area contributed by atoms with Crippen LogP contribution in [0.25, 0.3) is 6.08 Å². The molecule has 1 N–H and O–H groups in total. The fraction of sp³-hybridized carbons (Fsp3) is 0.357. The van der Waals surface area contributed by atoms with E-state index in [0.29, 0.717) is 0 Å². The molecule has 0 aliphatic rings. The van der Waals surface area contributed by atoms with Gasteiger partial charge in [0.25, 0.3) is 5.69 Å². The zero-order valence-electron chi connectivity index (χ0n) is 12.3. The lowest BCUT2D eigenvalue weighted by Gasteiger charge is -2.19. The SMILES string of the molecule is CC(C)(C)NC(=O)C=Cc1cc([N+](=O)[O-])ccc1OC(F)F. The highest BCUT2D eigenvalue weighted by Crippen LogP contribution is 2.26. The van der Waals surface area contributed by atoms with Gasteiger partial charge in [-0.05, 0) is 32.9 Å². The Morgan fingerprint density at radius 2 is 2.05 bits per heavy atom. The highest BCUT2D eigenvalue weighted by atomic mass is 19.3. The zero-order chi connectivity index (χ0) is 16.9. The lowest BCUT2D eigenvalue weighted by atomic mass is 10.1. The second-order valence-electron chi connectivity index (χ2n) is 5.43. The molecule has 1 aromatic rings. The third-order valence-electron chi connectivity index (χ3n) is 2.33. The number of halogens is 2. The van der Waals surface area contributed by atoms with Crippen LogP contribution in [-0.4, -0.2) is 23.0 Å². The van der Waals surface area contributed by atoms with Gasteiger partial charge < -0.3 is 10.1 Å². The van der Waals surface area contributed by atoms with Crippen LogP contribution in [0.15, 0.2) is 24.3 Å². The fourth-order valence-corrected chi connectivity index (χ4v) is 1.56. The summed E-state index contributed by atoms with van der Waals surface area (Å²) in [7, 11) is 0. The lowest BCUT2D eigenvalue weighted by molar-refractivity contribution is -0.384. The highest BCUT2D eigenvalue weighted by Gasteiger charge is 2.15. The van der Waals surface area contributed by atoms with E-state index < -0.39 is 23.0 Å². The first-order chi connectivity index (χ1) is 10.1. The molecule has 1 amide bonds. The van der Waals surface area contributed by atoms with Crippen molar-refractivity contribution in [3.05, 3.63) is 40.0 Å². The van der Waals surface area contributed by atoms with E-state index in [0.717, 1.165) is 24.3 Å². The van der Waals surface area contributed by atoms with Gasteiger partial charge in [-0.1, -0.05) is 0 Å². The molecule has 0 spiro atoms. The molecule has 0 unspecified atom stereocenters. The maximum absolute atomic E-state index is 12.3. The maximum atomic E-state index is 12.3. The van der Waals surface area contributed by atoms with Gasteiger partial charge in [0, 0.05) is 29.3 Å². The highest BCUT2D eigenvalue weighted by molar-refractivity contribution is 5.92. The van der Waals surface area contributed by atoms with Crippen molar-refractivity contribution in [3.63, 3.8) is 0 Å². The fourth-order valence-electron chi connectivity index (χ4n) is 1.56. The Labute approximate surface area is 125 Å². The van der Waals surface area contributed by atoms with Crippen LogP contribution in [0.2, 0.25) is 0 Å². The van der Waals surface area contributed by atoms with Crippen molar-refractivity contribution in [2.24, 2.45) is 0 Å². The second kappa shape index (κ2) is 6.97. The summed E-state index contributed by atoms with van der Waals surface area (Å²) in [5, 5.41) is 13.4. The average molecular weight is 314 g/mol. The molecular weight excluding hydrogens is 298 g/mol. The number of carbonyl (C=O) groups excluding carboxylic acids is 1. The zero-order valence-corrected chi connectivity index (χ0v) is 12.3. The molecule has 22 heavy (non-hydrogen) atoms. The lowest BCUT2D eigenvalue weighted by Crippen LogP contribution is -2.39. The molecular formula is C14H16F2N2O4. The van der Waals surface area contributed by atoms with Crippen LogP contribution in [0.4, 0.5) is 14.5 Å². The molecule has 120 valence electrons. The second-order valence-corrected chi connectivity index (χ2v) is 5.43. The first-order valence-electron chi connectivity index (χ1n) is 6.32. The van der Waals surface area contributed by atoms with Crippen molar-refractivity contribution in [1.82, 2.24) is 5.32 Å². The molecule has 0 fully saturated rings. The van der Waals surface area contributed by atoms with E-state index in [2.05, 4.69) is 10.1 Å². The monoisotopic (exact) mass is 314 g/mol. The van der Waals surface area contributed by atoms with E-state index in [1.807, 2.05) is 0 Å². The Morgan fingerprint density at radius 3 is 2.55 bits per heavy atom. The summed E-state index contributed by atoms with van der Waals surface area (Å²) in [6, 6.07) is 3.16. The van der Waals surface area contributed by atoms with Crippen LogP contribution in [0.5, 0.6) is 5.75 Å². The summed E-state index contributed by atoms with van der Waals surface area (Å²) in [6.07, 6.45) is 2.29. The molecule has 0 aliphatic heterocycles. The molecule has 0 heterocycles. The number of hydrogen-bond acceptors (Lipinski definition) is 4. The number of rotatable bonds is 5. The van der Waals surface area contributed by atoms with Crippen molar-refractivity contribution in [1.29, 1.82) is 0 Å². The number of ether oxygens (including phenoxy) is 1. The van der Waals surface area contributed by atoms with Crippen LogP contribution >= 0.6 is 0 Å². The van der Waals surface area contributed by atoms with Gasteiger partial charge >= 0.3 is 6.61 Å². The Bertz CT molecular complexity index is 595. The number of hydrogen-bond donors (Lipinski definition) is 1. The molecule has 0 aliphatic carbocycles. The number of nitro benzene ring substituents is 1. The van der Waals surface area contributed by atoms with Crippen LogP contribution in [0.1, 0.15) is 26.3 Å². The van der Waals surface area contributed by atoms with Crippen molar-refractivity contribution in [2.75, 3.05) is 0 Å². The summed E-state index contributed by atoms with van der Waals surface area (Å²) >= 11 is 0. The van der Waals surface area contributed by atoms with E-state index in [4.69, 9.17) is 0 Å². The summed E-state index contributed by atoms with van der Waals surface area (Å²) in [5.41, 5.74) is -0.747. The molecule has 1 aromatic carbocycles. The molecule has 0 bridgehead atoms. The van der Waals surface area contributed by atoms with E-state index >= 15 is 0 Å². The molecule has 8 heteroatoms. The summed E-state index contributed by atoms with van der Waals surface area (Å²) in [6.45, 7) is 2.25. The summed E-state index contributed by atoms with van der Waals surface area (Å²) in [5.74, 6) is -0.706. The molecule has 1 rings (SSSR count). The Morgan fingerprint density at radius 1 is 1.41 bits per heavy atom. The number of nitro groups is 1. The minimum Gasteiger partial charge on any atom is -0.434 e. The van der Waals surface area contributed by atoms with Gasteiger partial charge in [-0.3, -0.25) is 14.9 Å². The summed E-state index contributed by atoms with van der Waals surface area (Å²) < 4.78 is 28.9. The van der Waals surface area contributed by atoms with Crippen LogP contribution in [-0.2, 0) is 4.79 Å². The Balaban J connectivity index is 3.05. The number of non-ortho nitro benzene ring substituents is 1. The third-order valence-corrected chi connectivity index (χ3v) is 2.33. The Hall–Kier alpha value is -2.51. The van der Waals surface area contributed by atoms with Crippen LogP contribution in [0, 0.1) is 10.1 Å². The largest absolute Gasteiger partial charge is 0.434 e. The number of benzene rings is 1. The van der Waals surface area contributed by atoms with E-state index in [9.17, 15) is 23.7 Å². The third kappa shape index (κ3) is 5.86. The molecule has 0 saturated carbocycles. The molecule has 0 atom stereocenters. The summed E-state index contributed by atoms with van der Waals surface area (Å²) in [4.78, 5) is 21.7. The molecule has 0 aromatic heterocycles. The number of carbonyl (C=O) groups is 1. The van der Waals surface area contributed by atoms with Gasteiger partial charge in [0.05, 0.1) is 4.92 Å². The van der Waals surface area contributed by atoms with Crippen molar-refractivity contribution in [2.45, 2.75) is 32.9 Å². The van der Waals surface area contributed by atoms with E-state index in [-0.39, 0.29) is 17.0 Å². The number of nitrogens with zero attached hydrogens (tertiary/aromatic N) is 1. The minimum atomic E-state index is -3.07. The van der Waals surface area contributed by atoms with Crippen molar-refractivity contribution in [3.8, 4) is 5.75 Å². The van der Waals surface area contributed by atoms with E-state index in [1.165, 1.54) is 6.08 Å². The predicted molar refractivity (Wildman–Crippen MR) is 76.7 cm³/mol. The van der Waals surface area contributed by atoms with Crippen LogP contribution < -0.4 is 10.1 Å². The van der Waals surface area contributed by atoms with Gasteiger partial charge in [-0.25, -0.2) is 0 Å². The van der Waals surface area contributed by atoms with Gasteiger partial charge in [0.2, 0.25) is 5.91 Å². The number of amides is 1. The molecule has 6 nitrogen and oxygen atoms in total. The quantitative estimate of drug-likeness (QED) is 0.514. The van der Waals surface area contributed by atoms with Crippen molar-refractivity contribution < 1.29 is 23.2 Å². The number of nitrogens with one attached hydrogen (secondary N) is 1.